The van der Waals surface area contributed by atoms with Gasteiger partial charge in [-0.05, 0) is 18.4 Å². The van der Waals surface area contributed by atoms with Crippen LogP contribution in [-0.2, 0) is 20.0 Å². The van der Waals surface area contributed by atoms with Crippen LogP contribution in [0.4, 0.5) is 5.95 Å². The van der Waals surface area contributed by atoms with E-state index < -0.39 is 0 Å². The molecule has 2 aromatic heterocycles. The molecule has 0 saturated carbocycles. The molecule has 0 amide bonds. The van der Waals surface area contributed by atoms with Gasteiger partial charge in [-0.1, -0.05) is 0 Å². The third kappa shape index (κ3) is 2.55. The highest BCUT2D eigenvalue weighted by atomic mass is 15.3. The van der Waals surface area contributed by atoms with Gasteiger partial charge in [-0.3, -0.25) is 9.36 Å². The first-order valence-corrected chi connectivity index (χ1v) is 4.86. The molecule has 0 atom stereocenters. The molecule has 0 unspecified atom stereocenters. The highest BCUT2D eigenvalue weighted by Gasteiger charge is 1.98. The summed E-state index contributed by atoms with van der Waals surface area (Å²) < 4.78 is 3.56. The zero-order valence-corrected chi connectivity index (χ0v) is 8.67. The number of nitrogens with zero attached hydrogens (tertiary/aromatic N) is 5. The molecule has 0 bridgehead atoms. The van der Waals surface area contributed by atoms with Crippen LogP contribution in [-0.4, -0.2) is 24.5 Å². The maximum atomic E-state index is 5.41. The molecular weight excluding hydrogens is 192 g/mol. The summed E-state index contributed by atoms with van der Waals surface area (Å²) in [6.45, 7) is 0.832. The van der Waals surface area contributed by atoms with Crippen molar-refractivity contribution in [1.29, 1.82) is 0 Å². The van der Waals surface area contributed by atoms with E-state index in [9.17, 15) is 0 Å². The molecule has 0 saturated heterocycles. The lowest BCUT2D eigenvalue weighted by atomic mass is 10.2. The van der Waals surface area contributed by atoms with Crippen LogP contribution in [0.1, 0.15) is 12.0 Å². The molecule has 6 nitrogen and oxygen atoms in total. The first-order valence-electron chi connectivity index (χ1n) is 4.86. The molecule has 0 spiro atoms. The Morgan fingerprint density at radius 2 is 2.33 bits per heavy atom. The van der Waals surface area contributed by atoms with E-state index in [1.54, 1.807) is 11.0 Å². The fraction of sp³-hybridized carbons (Fsp3) is 0.444. The third-order valence-electron chi connectivity index (χ3n) is 2.17. The van der Waals surface area contributed by atoms with Crippen LogP contribution < -0.4 is 5.73 Å². The first kappa shape index (κ1) is 9.70. The molecule has 0 aliphatic heterocycles. The Labute approximate surface area is 87.7 Å². The summed E-state index contributed by atoms with van der Waals surface area (Å²) in [6, 6.07) is 0. The van der Waals surface area contributed by atoms with Crippen molar-refractivity contribution in [2.45, 2.75) is 19.4 Å². The fourth-order valence-corrected chi connectivity index (χ4v) is 1.46. The van der Waals surface area contributed by atoms with E-state index >= 15 is 0 Å². The van der Waals surface area contributed by atoms with Gasteiger partial charge in [0.15, 0.2) is 0 Å². The lowest BCUT2D eigenvalue weighted by Gasteiger charge is -1.98. The molecule has 0 aromatic carbocycles. The average Bonchev–Trinajstić information content (AvgIpc) is 2.76. The molecule has 2 rings (SSSR count). The monoisotopic (exact) mass is 206 g/mol. The number of hydrogen-bond donors (Lipinski definition) is 1. The molecule has 0 aliphatic rings. The Morgan fingerprint density at radius 1 is 1.47 bits per heavy atom. The minimum atomic E-state index is 0.330. The van der Waals surface area contributed by atoms with Gasteiger partial charge >= 0.3 is 0 Å². The summed E-state index contributed by atoms with van der Waals surface area (Å²) in [5.74, 6) is 0.330. The summed E-state index contributed by atoms with van der Waals surface area (Å²) in [5.41, 5.74) is 6.65. The van der Waals surface area contributed by atoms with E-state index in [4.69, 9.17) is 5.73 Å². The molecule has 2 N–H and O–H groups in total. The number of nitrogens with two attached hydrogens (primary N) is 1. The fourth-order valence-electron chi connectivity index (χ4n) is 1.46. The minimum Gasteiger partial charge on any atom is -0.367 e. The van der Waals surface area contributed by atoms with E-state index in [1.807, 2.05) is 24.1 Å². The number of hydrogen-bond acceptors (Lipinski definition) is 4. The zero-order chi connectivity index (χ0) is 10.7. The van der Waals surface area contributed by atoms with Crippen molar-refractivity contribution < 1.29 is 0 Å². The van der Waals surface area contributed by atoms with Crippen LogP contribution in [0.25, 0.3) is 0 Å². The number of anilines is 1. The highest BCUT2D eigenvalue weighted by Crippen LogP contribution is 2.02. The second kappa shape index (κ2) is 4.12. The standard InChI is InChI=1S/C9H14N6/c1-14-6-8(5-12-14)3-2-4-15-7-11-9(10)13-15/h5-7H,2-4H2,1H3,(H2,10,13). The summed E-state index contributed by atoms with van der Waals surface area (Å²) in [5, 5.41) is 8.12. The van der Waals surface area contributed by atoms with Gasteiger partial charge in [0.25, 0.3) is 0 Å². The Balaban J connectivity index is 1.80. The van der Waals surface area contributed by atoms with Gasteiger partial charge in [0.2, 0.25) is 5.95 Å². The molecule has 0 fully saturated rings. The molecule has 15 heavy (non-hydrogen) atoms. The molecule has 0 aliphatic carbocycles. The quantitative estimate of drug-likeness (QED) is 0.776. The summed E-state index contributed by atoms with van der Waals surface area (Å²) in [4.78, 5) is 3.86. The predicted octanol–water partition coefficient (Wildman–Crippen LogP) is 0.227. The van der Waals surface area contributed by atoms with Gasteiger partial charge in [-0.15, -0.1) is 5.10 Å². The van der Waals surface area contributed by atoms with Crippen LogP contribution in [0.15, 0.2) is 18.7 Å². The van der Waals surface area contributed by atoms with E-state index in [2.05, 4.69) is 15.2 Å². The molecule has 2 heterocycles. The second-order valence-corrected chi connectivity index (χ2v) is 3.49. The minimum absolute atomic E-state index is 0.330. The van der Waals surface area contributed by atoms with Gasteiger partial charge in [0, 0.05) is 19.8 Å². The summed E-state index contributed by atoms with van der Waals surface area (Å²) in [7, 11) is 1.92. The maximum Gasteiger partial charge on any atom is 0.239 e. The van der Waals surface area contributed by atoms with Crippen molar-refractivity contribution in [2.75, 3.05) is 5.73 Å². The van der Waals surface area contributed by atoms with Crippen LogP contribution in [0.5, 0.6) is 0 Å². The number of aromatic nitrogens is 5. The Kier molecular flexibility index (Phi) is 2.66. The topological polar surface area (TPSA) is 74.5 Å². The Bertz CT molecular complexity index is 389. The first-order chi connectivity index (χ1) is 7.24. The summed E-state index contributed by atoms with van der Waals surface area (Å²) in [6.07, 6.45) is 7.56. The van der Waals surface area contributed by atoms with Crippen molar-refractivity contribution in [3.63, 3.8) is 0 Å². The molecule has 6 heteroatoms. The van der Waals surface area contributed by atoms with Crippen LogP contribution >= 0.6 is 0 Å². The lowest BCUT2D eigenvalue weighted by Crippen LogP contribution is -2.00. The van der Waals surface area contributed by atoms with Crippen molar-refractivity contribution in [1.82, 2.24) is 24.5 Å². The number of rotatable bonds is 4. The maximum absolute atomic E-state index is 5.41. The largest absolute Gasteiger partial charge is 0.367 e. The van der Waals surface area contributed by atoms with Crippen LogP contribution in [0, 0.1) is 0 Å². The average molecular weight is 206 g/mol. The van der Waals surface area contributed by atoms with Crippen molar-refractivity contribution in [2.24, 2.45) is 7.05 Å². The Hall–Kier alpha value is -1.85. The highest BCUT2D eigenvalue weighted by molar-refractivity contribution is 5.09. The van der Waals surface area contributed by atoms with Gasteiger partial charge in [0.05, 0.1) is 6.20 Å². The van der Waals surface area contributed by atoms with Crippen LogP contribution in [0.2, 0.25) is 0 Å². The molecule has 80 valence electrons. The van der Waals surface area contributed by atoms with E-state index in [1.165, 1.54) is 5.56 Å². The van der Waals surface area contributed by atoms with E-state index in [0.29, 0.717) is 5.95 Å². The van der Waals surface area contributed by atoms with Crippen LogP contribution in [0.3, 0.4) is 0 Å². The molecular formula is C9H14N6. The van der Waals surface area contributed by atoms with Crippen molar-refractivity contribution in [3.8, 4) is 0 Å². The lowest BCUT2D eigenvalue weighted by molar-refractivity contribution is 0.579. The third-order valence-corrected chi connectivity index (χ3v) is 2.17. The smallest absolute Gasteiger partial charge is 0.239 e. The van der Waals surface area contributed by atoms with Gasteiger partial charge in [0.1, 0.15) is 6.33 Å². The number of nitrogen functional groups attached to an aromatic ring is 1. The molecule has 2 aromatic rings. The summed E-state index contributed by atoms with van der Waals surface area (Å²) >= 11 is 0. The SMILES string of the molecule is Cn1cc(CCCn2cnc(N)n2)cn1. The number of aryl methyl sites for hydroxylation is 3. The van der Waals surface area contributed by atoms with E-state index in [0.717, 1.165) is 19.4 Å². The van der Waals surface area contributed by atoms with Gasteiger partial charge in [-0.2, -0.15) is 5.10 Å². The molecule has 0 radical (unpaired) electrons. The zero-order valence-electron chi connectivity index (χ0n) is 8.67. The van der Waals surface area contributed by atoms with E-state index in [-0.39, 0.29) is 0 Å². The second-order valence-electron chi connectivity index (χ2n) is 3.49. The van der Waals surface area contributed by atoms with Gasteiger partial charge < -0.3 is 5.73 Å². The predicted molar refractivity (Wildman–Crippen MR) is 56.0 cm³/mol. The van der Waals surface area contributed by atoms with Crippen molar-refractivity contribution >= 4 is 5.95 Å². The van der Waals surface area contributed by atoms with Crippen molar-refractivity contribution in [3.05, 3.63) is 24.3 Å². The Morgan fingerprint density at radius 3 is 2.93 bits per heavy atom. The normalized spacial score (nSPS) is 10.7. The van der Waals surface area contributed by atoms with Gasteiger partial charge in [-0.25, -0.2) is 4.98 Å².